The van der Waals surface area contributed by atoms with Gasteiger partial charge in [0.25, 0.3) is 5.91 Å². The van der Waals surface area contributed by atoms with E-state index in [9.17, 15) is 4.79 Å². The lowest BCUT2D eigenvalue weighted by molar-refractivity contribution is 0.0924. The zero-order valence-electron chi connectivity index (χ0n) is 13.2. The molecule has 0 spiro atoms. The Morgan fingerprint density at radius 3 is 2.29 bits per heavy atom. The SMILES string of the molecule is O=C(NC1CN2CC[C@H]1C2)c1ccc(Sc2ccc(Cl)cc2)cc1. The molecule has 2 fully saturated rings. The summed E-state index contributed by atoms with van der Waals surface area (Å²) in [5, 5.41) is 3.94. The van der Waals surface area contributed by atoms with Crippen molar-refractivity contribution < 1.29 is 4.79 Å². The molecule has 0 radical (unpaired) electrons. The van der Waals surface area contributed by atoms with Gasteiger partial charge in [0, 0.05) is 39.5 Å². The second-order valence-electron chi connectivity index (χ2n) is 6.47. The van der Waals surface area contributed by atoms with Crippen LogP contribution >= 0.6 is 23.4 Å². The number of nitrogens with one attached hydrogen (secondary N) is 1. The number of halogens is 1. The van der Waals surface area contributed by atoms with Crippen LogP contribution in [0.3, 0.4) is 0 Å². The molecule has 2 aromatic rings. The molecule has 2 bridgehead atoms. The maximum atomic E-state index is 12.4. The van der Waals surface area contributed by atoms with Crippen LogP contribution in [0.25, 0.3) is 0 Å². The summed E-state index contributed by atoms with van der Waals surface area (Å²) in [4.78, 5) is 17.1. The summed E-state index contributed by atoms with van der Waals surface area (Å²) in [6.45, 7) is 3.33. The fourth-order valence-corrected chi connectivity index (χ4v) is 4.45. The molecule has 2 heterocycles. The van der Waals surface area contributed by atoms with Gasteiger partial charge < -0.3 is 10.2 Å². The van der Waals surface area contributed by atoms with Crippen LogP contribution in [0.15, 0.2) is 58.3 Å². The molecule has 2 aliphatic rings. The lowest BCUT2D eigenvalue weighted by atomic mass is 9.99. The van der Waals surface area contributed by atoms with Crippen molar-refractivity contribution in [1.29, 1.82) is 0 Å². The van der Waals surface area contributed by atoms with Crippen molar-refractivity contribution in [3.8, 4) is 0 Å². The van der Waals surface area contributed by atoms with Crippen molar-refractivity contribution in [1.82, 2.24) is 10.2 Å². The highest BCUT2D eigenvalue weighted by Gasteiger charge is 2.38. The summed E-state index contributed by atoms with van der Waals surface area (Å²) in [5.74, 6) is 0.672. The van der Waals surface area contributed by atoms with Crippen LogP contribution in [0.5, 0.6) is 0 Å². The van der Waals surface area contributed by atoms with Crippen molar-refractivity contribution in [2.75, 3.05) is 19.6 Å². The molecular formula is C19H19ClN2OS. The summed E-state index contributed by atoms with van der Waals surface area (Å²) in [5.41, 5.74) is 0.730. The predicted octanol–water partition coefficient (Wildman–Crippen LogP) is 3.93. The Labute approximate surface area is 151 Å². The monoisotopic (exact) mass is 358 g/mol. The van der Waals surface area contributed by atoms with Crippen LogP contribution in [0.4, 0.5) is 0 Å². The van der Waals surface area contributed by atoms with Crippen molar-refractivity contribution in [2.24, 2.45) is 5.92 Å². The summed E-state index contributed by atoms with van der Waals surface area (Å²) in [6.07, 6.45) is 1.21. The largest absolute Gasteiger partial charge is 0.348 e. The summed E-state index contributed by atoms with van der Waals surface area (Å²) in [6, 6.07) is 15.9. The zero-order chi connectivity index (χ0) is 16.5. The third-order valence-electron chi connectivity index (χ3n) is 4.82. The van der Waals surface area contributed by atoms with E-state index in [1.807, 2.05) is 48.5 Å². The Kier molecular flexibility index (Phi) is 4.53. The summed E-state index contributed by atoms with van der Waals surface area (Å²) >= 11 is 7.57. The van der Waals surface area contributed by atoms with Gasteiger partial charge in [-0.2, -0.15) is 0 Å². The van der Waals surface area contributed by atoms with E-state index in [1.165, 1.54) is 13.0 Å². The fourth-order valence-electron chi connectivity index (χ4n) is 3.51. The molecule has 1 N–H and O–H groups in total. The zero-order valence-corrected chi connectivity index (χ0v) is 14.8. The van der Waals surface area contributed by atoms with Crippen LogP contribution in [0.2, 0.25) is 5.02 Å². The lowest BCUT2D eigenvalue weighted by Gasteiger charge is -2.23. The van der Waals surface area contributed by atoms with Crippen molar-refractivity contribution in [3.05, 3.63) is 59.1 Å². The number of hydrogen-bond donors (Lipinski definition) is 1. The number of fused-ring (bicyclic) bond motifs is 2. The van der Waals surface area contributed by atoms with Crippen molar-refractivity contribution >= 4 is 29.3 Å². The van der Waals surface area contributed by atoms with Crippen molar-refractivity contribution in [2.45, 2.75) is 22.3 Å². The van der Waals surface area contributed by atoms with Gasteiger partial charge in [-0.25, -0.2) is 0 Å². The number of benzene rings is 2. The molecule has 0 saturated carbocycles. The first kappa shape index (κ1) is 16.0. The topological polar surface area (TPSA) is 32.3 Å². The van der Waals surface area contributed by atoms with E-state index in [0.29, 0.717) is 12.0 Å². The van der Waals surface area contributed by atoms with E-state index in [4.69, 9.17) is 11.6 Å². The normalized spacial score (nSPS) is 25.0. The standard InChI is InChI=1S/C19H19ClN2OS/c20-15-3-7-17(8-4-15)24-16-5-1-13(2-6-16)19(23)21-18-12-22-10-9-14(18)11-22/h1-8,14,18H,9-12H2,(H,21,23)/t14-,18?/m0/s1. The van der Waals surface area contributed by atoms with Crippen LogP contribution in [0, 0.1) is 5.92 Å². The molecule has 24 heavy (non-hydrogen) atoms. The highest BCUT2D eigenvalue weighted by Crippen LogP contribution is 2.30. The molecule has 4 rings (SSSR count). The molecular weight excluding hydrogens is 340 g/mol. The number of carbonyl (C=O) groups excluding carboxylic acids is 1. The minimum Gasteiger partial charge on any atom is -0.348 e. The van der Waals surface area contributed by atoms with Crippen LogP contribution in [-0.4, -0.2) is 36.5 Å². The predicted molar refractivity (Wildman–Crippen MR) is 97.8 cm³/mol. The molecule has 0 aliphatic carbocycles. The van der Waals surface area contributed by atoms with Crippen molar-refractivity contribution in [3.63, 3.8) is 0 Å². The van der Waals surface area contributed by atoms with E-state index < -0.39 is 0 Å². The quantitative estimate of drug-likeness (QED) is 0.898. The molecule has 1 amide bonds. The minimum absolute atomic E-state index is 0.0387. The molecule has 2 unspecified atom stereocenters. The lowest BCUT2D eigenvalue weighted by Crippen LogP contribution is -2.43. The van der Waals surface area contributed by atoms with E-state index in [2.05, 4.69) is 10.2 Å². The fraction of sp³-hybridized carbons (Fsp3) is 0.316. The van der Waals surface area contributed by atoms with Gasteiger partial charge in [-0.3, -0.25) is 4.79 Å². The minimum atomic E-state index is 0.0387. The van der Waals surface area contributed by atoms with Gasteiger partial charge in [0.1, 0.15) is 0 Å². The number of amides is 1. The van der Waals surface area contributed by atoms with E-state index in [1.54, 1.807) is 11.8 Å². The molecule has 5 heteroatoms. The Balaban J connectivity index is 1.38. The molecule has 3 nitrogen and oxygen atoms in total. The van der Waals surface area contributed by atoms with Gasteiger partial charge in [-0.15, -0.1) is 0 Å². The van der Waals surface area contributed by atoms with E-state index in [-0.39, 0.29) is 5.91 Å². The van der Waals surface area contributed by atoms with Gasteiger partial charge in [-0.05, 0) is 67.4 Å². The second kappa shape index (κ2) is 6.79. The molecule has 124 valence electrons. The first-order valence-electron chi connectivity index (χ1n) is 8.24. The summed E-state index contributed by atoms with van der Waals surface area (Å²) < 4.78 is 0. The Hall–Kier alpha value is -1.49. The number of hydrogen-bond acceptors (Lipinski definition) is 3. The maximum Gasteiger partial charge on any atom is 0.251 e. The second-order valence-corrected chi connectivity index (χ2v) is 8.05. The average molecular weight is 359 g/mol. The van der Waals surface area contributed by atoms with E-state index in [0.717, 1.165) is 33.5 Å². The van der Waals surface area contributed by atoms with Gasteiger partial charge in [0.2, 0.25) is 0 Å². The Morgan fingerprint density at radius 1 is 1.04 bits per heavy atom. The number of rotatable bonds is 4. The molecule has 3 atom stereocenters. The highest BCUT2D eigenvalue weighted by atomic mass is 35.5. The van der Waals surface area contributed by atoms with Crippen LogP contribution < -0.4 is 5.32 Å². The van der Waals surface area contributed by atoms with Gasteiger partial charge >= 0.3 is 0 Å². The van der Waals surface area contributed by atoms with Crippen LogP contribution in [0.1, 0.15) is 16.8 Å². The first-order valence-corrected chi connectivity index (χ1v) is 9.43. The Bertz CT molecular complexity index is 732. The highest BCUT2D eigenvalue weighted by molar-refractivity contribution is 7.99. The van der Waals surface area contributed by atoms with Crippen LogP contribution in [-0.2, 0) is 0 Å². The van der Waals surface area contributed by atoms with E-state index >= 15 is 0 Å². The molecule has 0 aromatic heterocycles. The third-order valence-corrected chi connectivity index (χ3v) is 6.08. The number of piperidine rings is 1. The maximum absolute atomic E-state index is 12.4. The summed E-state index contributed by atoms with van der Waals surface area (Å²) in [7, 11) is 0. The molecule has 2 saturated heterocycles. The third kappa shape index (κ3) is 3.46. The average Bonchev–Trinajstić information content (AvgIpc) is 3.20. The first-order chi connectivity index (χ1) is 11.7. The number of nitrogens with zero attached hydrogens (tertiary/aromatic N) is 1. The smallest absolute Gasteiger partial charge is 0.251 e. The Morgan fingerprint density at radius 2 is 1.71 bits per heavy atom. The molecule has 2 aliphatic heterocycles. The van der Waals surface area contributed by atoms with Gasteiger partial charge in [-0.1, -0.05) is 23.4 Å². The molecule has 2 aromatic carbocycles. The van der Waals surface area contributed by atoms with Gasteiger partial charge in [0.15, 0.2) is 0 Å². The number of carbonyl (C=O) groups is 1. The van der Waals surface area contributed by atoms with Gasteiger partial charge in [0.05, 0.1) is 0 Å².